The lowest BCUT2D eigenvalue weighted by molar-refractivity contribution is -0.143. The van der Waals surface area contributed by atoms with Gasteiger partial charge in [-0.3, -0.25) is 14.8 Å². The molecule has 1 atom stereocenters. The molecule has 2 aliphatic rings. The number of carbonyl (C=O) groups excluding carboxylic acids is 1. The molecule has 5 nitrogen and oxygen atoms in total. The molecule has 1 aliphatic carbocycles. The van der Waals surface area contributed by atoms with E-state index in [0.717, 1.165) is 56.5 Å². The number of nitrogens with one attached hydrogen (secondary N) is 1. The molecule has 1 aliphatic heterocycles. The highest BCUT2D eigenvalue weighted by Crippen LogP contribution is 2.37. The molecule has 144 valence electrons. The number of fused-ring (bicyclic) bond motifs is 1. The zero-order valence-electron chi connectivity index (χ0n) is 16.3. The molecule has 0 radical (unpaired) electrons. The van der Waals surface area contributed by atoms with Gasteiger partial charge in [-0.2, -0.15) is 0 Å². The van der Waals surface area contributed by atoms with Crippen molar-refractivity contribution in [2.45, 2.75) is 45.4 Å². The summed E-state index contributed by atoms with van der Waals surface area (Å²) >= 11 is 0. The van der Waals surface area contributed by atoms with E-state index in [-0.39, 0.29) is 5.41 Å². The van der Waals surface area contributed by atoms with Gasteiger partial charge in [0.25, 0.3) is 0 Å². The zero-order chi connectivity index (χ0) is 18.7. The Balaban J connectivity index is 1.50. The maximum Gasteiger partial charge on any atom is 0.228 e. The van der Waals surface area contributed by atoms with Gasteiger partial charge in [-0.25, -0.2) is 0 Å². The van der Waals surface area contributed by atoms with E-state index in [1.165, 1.54) is 24.8 Å². The molecule has 2 aromatic heterocycles. The molecule has 0 aromatic carbocycles. The highest BCUT2D eigenvalue weighted by molar-refractivity contribution is 5.82. The molecule has 1 saturated carbocycles. The first-order valence-electron chi connectivity index (χ1n) is 10.3. The van der Waals surface area contributed by atoms with Crippen LogP contribution in [0.4, 0.5) is 0 Å². The molecular formula is C22H30N4O. The maximum absolute atomic E-state index is 13.3. The van der Waals surface area contributed by atoms with Crippen molar-refractivity contribution in [3.63, 3.8) is 0 Å². The first-order chi connectivity index (χ1) is 13.2. The number of aromatic nitrogens is 2. The van der Waals surface area contributed by atoms with E-state index < -0.39 is 0 Å². The predicted molar refractivity (Wildman–Crippen MR) is 107 cm³/mol. The van der Waals surface area contributed by atoms with Crippen LogP contribution >= 0.6 is 0 Å². The average Bonchev–Trinajstić information content (AvgIpc) is 2.94. The van der Waals surface area contributed by atoms with E-state index in [9.17, 15) is 4.79 Å². The monoisotopic (exact) mass is 366 g/mol. The third-order valence-electron chi connectivity index (χ3n) is 6.32. The molecule has 2 fully saturated rings. The van der Waals surface area contributed by atoms with E-state index in [2.05, 4.69) is 33.2 Å². The smallest absolute Gasteiger partial charge is 0.228 e. The minimum absolute atomic E-state index is 0.155. The van der Waals surface area contributed by atoms with E-state index in [0.29, 0.717) is 11.8 Å². The zero-order valence-corrected chi connectivity index (χ0v) is 16.3. The Morgan fingerprint density at radius 3 is 2.93 bits per heavy atom. The Hall–Kier alpha value is -2.01. The van der Waals surface area contributed by atoms with Gasteiger partial charge in [-0.1, -0.05) is 26.2 Å². The minimum Gasteiger partial charge on any atom is -0.341 e. The van der Waals surface area contributed by atoms with Crippen LogP contribution in [-0.2, 0) is 11.2 Å². The molecule has 0 spiro atoms. The van der Waals surface area contributed by atoms with Gasteiger partial charge in [0.15, 0.2) is 0 Å². The lowest BCUT2D eigenvalue weighted by Crippen LogP contribution is -2.46. The normalized spacial score (nSPS) is 23.1. The number of nitrogens with zero attached hydrogens (tertiary/aromatic N) is 3. The summed E-state index contributed by atoms with van der Waals surface area (Å²) < 4.78 is 0. The first kappa shape index (κ1) is 18.4. The van der Waals surface area contributed by atoms with Crippen molar-refractivity contribution in [2.24, 2.45) is 11.3 Å². The second kappa shape index (κ2) is 7.93. The molecule has 1 amide bonds. The fraction of sp³-hybridized carbons (Fsp3) is 0.591. The molecule has 3 heterocycles. The molecule has 1 unspecified atom stereocenters. The fourth-order valence-corrected chi connectivity index (χ4v) is 4.75. The van der Waals surface area contributed by atoms with Crippen LogP contribution in [-0.4, -0.2) is 47.0 Å². The number of hydrogen-bond acceptors (Lipinski definition) is 4. The van der Waals surface area contributed by atoms with Crippen LogP contribution in [0, 0.1) is 11.3 Å². The Bertz CT molecular complexity index is 795. The molecule has 2 aromatic rings. The van der Waals surface area contributed by atoms with Crippen LogP contribution in [0.15, 0.2) is 30.6 Å². The van der Waals surface area contributed by atoms with Crippen molar-refractivity contribution in [1.82, 2.24) is 20.2 Å². The van der Waals surface area contributed by atoms with Gasteiger partial charge in [0.1, 0.15) is 0 Å². The van der Waals surface area contributed by atoms with Crippen molar-refractivity contribution >= 4 is 16.9 Å². The number of amides is 1. The second-order valence-corrected chi connectivity index (χ2v) is 8.49. The van der Waals surface area contributed by atoms with Gasteiger partial charge < -0.3 is 10.2 Å². The van der Waals surface area contributed by atoms with Crippen molar-refractivity contribution in [3.8, 4) is 0 Å². The predicted octanol–water partition coefficient (Wildman–Crippen LogP) is 3.19. The van der Waals surface area contributed by atoms with Gasteiger partial charge in [0, 0.05) is 44.0 Å². The van der Waals surface area contributed by atoms with Crippen LogP contribution in [0.3, 0.4) is 0 Å². The molecule has 4 rings (SSSR count). The van der Waals surface area contributed by atoms with Crippen LogP contribution in [0.2, 0.25) is 0 Å². The number of hydrogen-bond donors (Lipinski definition) is 1. The summed E-state index contributed by atoms with van der Waals surface area (Å²) in [4.78, 5) is 24.4. The second-order valence-electron chi connectivity index (χ2n) is 8.49. The topological polar surface area (TPSA) is 58.1 Å². The van der Waals surface area contributed by atoms with Crippen LogP contribution in [0.1, 0.15) is 44.6 Å². The average molecular weight is 367 g/mol. The Kier molecular flexibility index (Phi) is 5.39. The molecule has 5 heteroatoms. The Morgan fingerprint density at radius 2 is 2.07 bits per heavy atom. The summed E-state index contributed by atoms with van der Waals surface area (Å²) in [7, 11) is 0. The molecule has 27 heavy (non-hydrogen) atoms. The quantitative estimate of drug-likeness (QED) is 0.906. The van der Waals surface area contributed by atoms with Crippen LogP contribution < -0.4 is 5.32 Å². The van der Waals surface area contributed by atoms with E-state index in [1.807, 2.05) is 24.5 Å². The summed E-state index contributed by atoms with van der Waals surface area (Å²) in [6.45, 7) is 5.66. The van der Waals surface area contributed by atoms with Gasteiger partial charge in [0.05, 0.1) is 11.0 Å². The summed E-state index contributed by atoms with van der Waals surface area (Å²) in [5.41, 5.74) is 3.00. The summed E-state index contributed by atoms with van der Waals surface area (Å²) in [5.74, 6) is 0.768. The van der Waals surface area contributed by atoms with Crippen LogP contribution in [0.25, 0.3) is 11.0 Å². The van der Waals surface area contributed by atoms with Gasteiger partial charge >= 0.3 is 0 Å². The molecule has 1 saturated heterocycles. The van der Waals surface area contributed by atoms with Gasteiger partial charge in [0.2, 0.25) is 5.91 Å². The molecular weight excluding hydrogens is 336 g/mol. The Labute approximate surface area is 161 Å². The van der Waals surface area contributed by atoms with Crippen molar-refractivity contribution in [2.75, 3.05) is 26.2 Å². The van der Waals surface area contributed by atoms with Gasteiger partial charge in [-0.15, -0.1) is 0 Å². The van der Waals surface area contributed by atoms with E-state index >= 15 is 0 Å². The Morgan fingerprint density at radius 1 is 1.22 bits per heavy atom. The standard InChI is InChI=1S/C22H30N4O/c1-22(8-3-2-4-9-22)21(27)26-13-12-23-15-17(16-26)14-18-7-11-24-19-6-5-10-25-20(18)19/h5-7,10-11,17,23H,2-4,8-9,12-16H2,1H3. The third kappa shape index (κ3) is 3.98. The fourth-order valence-electron chi connectivity index (χ4n) is 4.75. The maximum atomic E-state index is 13.3. The number of pyridine rings is 2. The minimum atomic E-state index is -0.155. The first-order valence-corrected chi connectivity index (χ1v) is 10.3. The van der Waals surface area contributed by atoms with Crippen molar-refractivity contribution < 1.29 is 4.79 Å². The highest BCUT2D eigenvalue weighted by atomic mass is 16.2. The SMILES string of the molecule is CC1(C(=O)N2CCNCC(Cc3ccnc4cccnc34)C2)CCCCC1. The van der Waals surface area contributed by atoms with Crippen molar-refractivity contribution in [1.29, 1.82) is 0 Å². The van der Waals surface area contributed by atoms with Crippen LogP contribution in [0.5, 0.6) is 0 Å². The van der Waals surface area contributed by atoms with Gasteiger partial charge in [-0.05, 0) is 48.9 Å². The number of carbonyl (C=O) groups is 1. The largest absolute Gasteiger partial charge is 0.341 e. The summed E-state index contributed by atoms with van der Waals surface area (Å²) in [6, 6.07) is 6.02. The van der Waals surface area contributed by atoms with E-state index in [4.69, 9.17) is 0 Å². The van der Waals surface area contributed by atoms with Crippen molar-refractivity contribution in [3.05, 3.63) is 36.2 Å². The third-order valence-corrected chi connectivity index (χ3v) is 6.32. The summed E-state index contributed by atoms with van der Waals surface area (Å²) in [6.07, 6.45) is 10.4. The molecule has 1 N–H and O–H groups in total. The lowest BCUT2D eigenvalue weighted by atomic mass is 9.74. The highest BCUT2D eigenvalue weighted by Gasteiger charge is 2.38. The lowest BCUT2D eigenvalue weighted by Gasteiger charge is -2.37. The summed E-state index contributed by atoms with van der Waals surface area (Å²) in [5, 5.41) is 3.54. The molecule has 0 bridgehead atoms. The number of rotatable bonds is 3. The van der Waals surface area contributed by atoms with E-state index in [1.54, 1.807) is 0 Å².